The van der Waals surface area contributed by atoms with E-state index >= 15 is 0 Å². The molecule has 22 heavy (non-hydrogen) atoms. The van der Waals surface area contributed by atoms with Gasteiger partial charge in [0.25, 0.3) is 5.91 Å². The van der Waals surface area contributed by atoms with Gasteiger partial charge in [0.2, 0.25) is 0 Å². The van der Waals surface area contributed by atoms with Gasteiger partial charge in [-0.1, -0.05) is 36.4 Å². The fourth-order valence-electron chi connectivity index (χ4n) is 2.20. The highest BCUT2D eigenvalue weighted by Gasteiger charge is 2.16. The molecule has 1 aromatic heterocycles. The number of nitrogens with zero attached hydrogens (tertiary/aromatic N) is 1. The predicted octanol–water partition coefficient (Wildman–Crippen LogP) is 3.64. The Morgan fingerprint density at radius 2 is 1.77 bits per heavy atom. The van der Waals surface area contributed by atoms with E-state index in [0.29, 0.717) is 17.1 Å². The van der Waals surface area contributed by atoms with Crippen LogP contribution in [0, 0.1) is 0 Å². The lowest BCUT2D eigenvalue weighted by atomic mass is 10.0. The van der Waals surface area contributed by atoms with Crippen LogP contribution in [0.4, 0.5) is 0 Å². The van der Waals surface area contributed by atoms with Gasteiger partial charge in [0, 0.05) is 23.5 Å². The summed E-state index contributed by atoms with van der Waals surface area (Å²) in [5, 5.41) is 0. The maximum atomic E-state index is 11.7. The van der Waals surface area contributed by atoms with Crippen molar-refractivity contribution in [3.8, 4) is 22.6 Å². The lowest BCUT2D eigenvalue weighted by Crippen LogP contribution is -2.12. The fourth-order valence-corrected chi connectivity index (χ4v) is 2.20. The molecule has 0 unspecified atom stereocenters. The Kier molecular flexibility index (Phi) is 3.83. The van der Waals surface area contributed by atoms with Gasteiger partial charge in [-0.05, 0) is 24.3 Å². The minimum Gasteiger partial charge on any atom is -0.456 e. The third kappa shape index (κ3) is 2.81. The zero-order valence-corrected chi connectivity index (χ0v) is 11.8. The molecule has 0 saturated heterocycles. The first-order valence-electron chi connectivity index (χ1n) is 6.82. The molecule has 1 heterocycles. The molecule has 1 amide bonds. The van der Waals surface area contributed by atoms with Crippen molar-refractivity contribution in [2.75, 3.05) is 0 Å². The normalized spacial score (nSPS) is 10.2. The summed E-state index contributed by atoms with van der Waals surface area (Å²) < 4.78 is 5.93. The summed E-state index contributed by atoms with van der Waals surface area (Å²) >= 11 is 0. The first-order valence-corrected chi connectivity index (χ1v) is 6.82. The molecule has 0 saturated carbocycles. The van der Waals surface area contributed by atoms with Gasteiger partial charge >= 0.3 is 0 Å². The highest BCUT2D eigenvalue weighted by molar-refractivity contribution is 5.98. The summed E-state index contributed by atoms with van der Waals surface area (Å²) in [7, 11) is 0. The minimum absolute atomic E-state index is 0.338. The molecule has 0 aliphatic carbocycles. The van der Waals surface area contributed by atoms with Gasteiger partial charge in [0.15, 0.2) is 0 Å². The van der Waals surface area contributed by atoms with E-state index in [1.54, 1.807) is 24.5 Å². The maximum absolute atomic E-state index is 11.7. The summed E-state index contributed by atoms with van der Waals surface area (Å²) in [6.45, 7) is 0. The number of primary amides is 1. The molecule has 4 nitrogen and oxygen atoms in total. The largest absolute Gasteiger partial charge is 0.456 e. The number of para-hydroxylation sites is 2. The number of benzene rings is 2. The van der Waals surface area contributed by atoms with Crippen LogP contribution in [0.15, 0.2) is 73.1 Å². The molecule has 0 spiro atoms. The van der Waals surface area contributed by atoms with Crippen LogP contribution in [0.3, 0.4) is 0 Å². The van der Waals surface area contributed by atoms with E-state index < -0.39 is 5.91 Å². The third-order valence-electron chi connectivity index (χ3n) is 3.22. The molecule has 0 aliphatic rings. The van der Waals surface area contributed by atoms with Crippen LogP contribution in [0.25, 0.3) is 11.1 Å². The molecule has 3 rings (SSSR count). The molecular weight excluding hydrogens is 276 g/mol. The minimum atomic E-state index is -0.531. The highest BCUT2D eigenvalue weighted by Crippen LogP contribution is 2.35. The summed E-state index contributed by atoms with van der Waals surface area (Å²) in [6.07, 6.45) is 3.41. The van der Waals surface area contributed by atoms with Gasteiger partial charge in [-0.3, -0.25) is 9.78 Å². The van der Waals surface area contributed by atoms with Gasteiger partial charge in [0.1, 0.15) is 11.5 Å². The second-order valence-corrected chi connectivity index (χ2v) is 4.70. The van der Waals surface area contributed by atoms with Gasteiger partial charge in [-0.25, -0.2) is 0 Å². The number of ether oxygens (including phenoxy) is 1. The average molecular weight is 290 g/mol. The zero-order valence-electron chi connectivity index (χ0n) is 11.8. The van der Waals surface area contributed by atoms with Gasteiger partial charge in [0.05, 0.1) is 5.56 Å². The topological polar surface area (TPSA) is 65.2 Å². The van der Waals surface area contributed by atoms with Crippen LogP contribution in [-0.2, 0) is 0 Å². The van der Waals surface area contributed by atoms with Crippen molar-refractivity contribution in [1.29, 1.82) is 0 Å². The number of hydrogen-bond donors (Lipinski definition) is 1. The van der Waals surface area contributed by atoms with E-state index in [1.165, 1.54) is 0 Å². The van der Waals surface area contributed by atoms with E-state index in [-0.39, 0.29) is 0 Å². The van der Waals surface area contributed by atoms with Crippen molar-refractivity contribution < 1.29 is 9.53 Å². The molecular formula is C18H14N2O2. The standard InChI is InChI=1S/C18H14N2O2/c19-18(21)16-10-4-9-15(13-6-5-11-20-12-13)17(16)22-14-7-2-1-3-8-14/h1-12H,(H2,19,21). The predicted molar refractivity (Wildman–Crippen MR) is 84.7 cm³/mol. The van der Waals surface area contributed by atoms with Crippen molar-refractivity contribution in [3.63, 3.8) is 0 Å². The van der Waals surface area contributed by atoms with Crippen LogP contribution < -0.4 is 10.5 Å². The highest BCUT2D eigenvalue weighted by atomic mass is 16.5. The number of rotatable bonds is 4. The maximum Gasteiger partial charge on any atom is 0.252 e. The molecule has 4 heteroatoms. The van der Waals surface area contributed by atoms with Crippen LogP contribution >= 0.6 is 0 Å². The van der Waals surface area contributed by atoms with Crippen LogP contribution in [-0.4, -0.2) is 10.9 Å². The van der Waals surface area contributed by atoms with Gasteiger partial charge in [-0.2, -0.15) is 0 Å². The van der Waals surface area contributed by atoms with Crippen LogP contribution in [0.1, 0.15) is 10.4 Å². The number of nitrogens with two attached hydrogens (primary N) is 1. The summed E-state index contributed by atoms with van der Waals surface area (Å²) in [6, 6.07) is 18.3. The number of carbonyl (C=O) groups is 1. The first-order chi connectivity index (χ1) is 10.8. The summed E-state index contributed by atoms with van der Waals surface area (Å²) in [5.74, 6) is 0.548. The molecule has 0 atom stereocenters. The lowest BCUT2D eigenvalue weighted by Gasteiger charge is -2.14. The monoisotopic (exact) mass is 290 g/mol. The molecule has 0 aliphatic heterocycles. The van der Waals surface area contributed by atoms with Crippen LogP contribution in [0.5, 0.6) is 11.5 Å². The molecule has 0 radical (unpaired) electrons. The molecule has 108 valence electrons. The van der Waals surface area contributed by atoms with Gasteiger partial charge < -0.3 is 10.5 Å². The molecule has 0 bridgehead atoms. The lowest BCUT2D eigenvalue weighted by molar-refractivity contribution is 0.0998. The molecule has 0 fully saturated rings. The smallest absolute Gasteiger partial charge is 0.252 e. The Balaban J connectivity index is 2.14. The first kappa shape index (κ1) is 13.8. The number of carbonyl (C=O) groups excluding carboxylic acids is 1. The van der Waals surface area contributed by atoms with Crippen molar-refractivity contribution in [3.05, 3.63) is 78.6 Å². The fraction of sp³-hybridized carbons (Fsp3) is 0. The molecule has 3 aromatic rings. The Labute approximate surface area is 128 Å². The average Bonchev–Trinajstić information content (AvgIpc) is 2.56. The summed E-state index contributed by atoms with van der Waals surface area (Å²) in [4.78, 5) is 15.8. The van der Waals surface area contributed by atoms with Crippen molar-refractivity contribution in [2.45, 2.75) is 0 Å². The number of pyridine rings is 1. The Morgan fingerprint density at radius 1 is 0.955 bits per heavy atom. The third-order valence-corrected chi connectivity index (χ3v) is 3.22. The SMILES string of the molecule is NC(=O)c1cccc(-c2cccnc2)c1Oc1ccccc1. The number of amides is 1. The van der Waals surface area contributed by atoms with E-state index in [1.807, 2.05) is 48.5 Å². The Bertz CT molecular complexity index is 787. The number of hydrogen-bond acceptors (Lipinski definition) is 3. The number of aromatic nitrogens is 1. The van der Waals surface area contributed by atoms with Crippen molar-refractivity contribution >= 4 is 5.91 Å². The van der Waals surface area contributed by atoms with E-state index in [0.717, 1.165) is 11.1 Å². The second-order valence-electron chi connectivity index (χ2n) is 4.70. The van der Waals surface area contributed by atoms with Gasteiger partial charge in [-0.15, -0.1) is 0 Å². The summed E-state index contributed by atoms with van der Waals surface area (Å²) in [5.41, 5.74) is 7.45. The van der Waals surface area contributed by atoms with Crippen molar-refractivity contribution in [1.82, 2.24) is 4.98 Å². The van der Waals surface area contributed by atoms with E-state index in [9.17, 15) is 4.79 Å². The van der Waals surface area contributed by atoms with Crippen LogP contribution in [0.2, 0.25) is 0 Å². The Morgan fingerprint density at radius 3 is 2.45 bits per heavy atom. The van der Waals surface area contributed by atoms with E-state index in [2.05, 4.69) is 4.98 Å². The molecule has 2 N–H and O–H groups in total. The second kappa shape index (κ2) is 6.10. The quantitative estimate of drug-likeness (QED) is 0.797. The Hall–Kier alpha value is -3.14. The zero-order chi connectivity index (χ0) is 15.4. The molecule has 2 aromatic carbocycles. The van der Waals surface area contributed by atoms with E-state index in [4.69, 9.17) is 10.5 Å². The van der Waals surface area contributed by atoms with Crippen molar-refractivity contribution in [2.24, 2.45) is 5.73 Å².